The molecule has 16 heavy (non-hydrogen) atoms. The maximum Gasteiger partial charge on any atom is 0.274 e. The van der Waals surface area contributed by atoms with Crippen LogP contribution in [0.15, 0.2) is 24.3 Å². The minimum atomic E-state index is -0.219. The molecule has 1 saturated carbocycles. The van der Waals surface area contributed by atoms with Crippen LogP contribution in [0, 0.1) is 0 Å². The van der Waals surface area contributed by atoms with Gasteiger partial charge in [0.15, 0.2) is 0 Å². The highest BCUT2D eigenvalue weighted by Crippen LogP contribution is 2.20. The molecule has 1 aromatic rings. The molecule has 0 atom stereocenters. The summed E-state index contributed by atoms with van der Waals surface area (Å²) in [5.41, 5.74) is 3.04. The number of nitrogens with one attached hydrogen (secondary N) is 1. The summed E-state index contributed by atoms with van der Waals surface area (Å²) in [7, 11) is 0. The van der Waals surface area contributed by atoms with E-state index in [0.717, 1.165) is 12.8 Å². The van der Waals surface area contributed by atoms with Crippen molar-refractivity contribution in [3.8, 4) is 0 Å². The van der Waals surface area contributed by atoms with E-state index in [0.29, 0.717) is 10.6 Å². The van der Waals surface area contributed by atoms with Crippen LogP contribution in [0.3, 0.4) is 0 Å². The number of benzene rings is 1. The molecule has 0 aliphatic heterocycles. The number of hydroxylamine groups is 1. The maximum atomic E-state index is 11.6. The normalized spacial score (nSPS) is 16.3. The van der Waals surface area contributed by atoms with E-state index in [9.17, 15) is 4.79 Å². The summed E-state index contributed by atoms with van der Waals surface area (Å²) < 4.78 is 0. The maximum absolute atomic E-state index is 11.6. The van der Waals surface area contributed by atoms with Crippen molar-refractivity contribution in [1.29, 1.82) is 0 Å². The molecule has 2 rings (SSSR count). The fraction of sp³-hybridized carbons (Fsp3) is 0.417. The van der Waals surface area contributed by atoms with Gasteiger partial charge in [-0.1, -0.05) is 24.4 Å². The molecule has 86 valence electrons. The zero-order valence-electron chi connectivity index (χ0n) is 8.91. The molecule has 1 aliphatic rings. The van der Waals surface area contributed by atoms with Gasteiger partial charge in [-0.05, 0) is 37.1 Å². The summed E-state index contributed by atoms with van der Waals surface area (Å²) in [6.07, 6.45) is 4.60. The molecule has 0 bridgehead atoms. The van der Waals surface area contributed by atoms with Crippen LogP contribution in [0.25, 0.3) is 0 Å². The molecule has 1 N–H and O–H groups in total. The van der Waals surface area contributed by atoms with Crippen LogP contribution in [0.5, 0.6) is 0 Å². The van der Waals surface area contributed by atoms with E-state index >= 15 is 0 Å². The third-order valence-electron chi connectivity index (χ3n) is 2.73. The van der Waals surface area contributed by atoms with Gasteiger partial charge in [-0.3, -0.25) is 9.63 Å². The lowest BCUT2D eigenvalue weighted by atomic mass is 10.2. The minimum absolute atomic E-state index is 0.177. The van der Waals surface area contributed by atoms with Crippen LogP contribution < -0.4 is 5.48 Å². The number of hydrogen-bond acceptors (Lipinski definition) is 2. The van der Waals surface area contributed by atoms with Crippen molar-refractivity contribution in [2.75, 3.05) is 0 Å². The number of carbonyl (C=O) groups is 1. The van der Waals surface area contributed by atoms with E-state index in [4.69, 9.17) is 16.4 Å². The number of amides is 1. The lowest BCUT2D eigenvalue weighted by Gasteiger charge is -2.11. The lowest BCUT2D eigenvalue weighted by molar-refractivity contribution is -0.0124. The fourth-order valence-electron chi connectivity index (χ4n) is 1.80. The first-order valence-electron chi connectivity index (χ1n) is 5.47. The van der Waals surface area contributed by atoms with E-state index in [2.05, 4.69) is 5.48 Å². The minimum Gasteiger partial charge on any atom is -0.270 e. The molecule has 0 saturated heterocycles. The average Bonchev–Trinajstić information content (AvgIpc) is 2.80. The Balaban J connectivity index is 1.85. The Hall–Kier alpha value is -1.06. The van der Waals surface area contributed by atoms with E-state index in [1.807, 2.05) is 0 Å². The highest BCUT2D eigenvalue weighted by atomic mass is 35.5. The monoisotopic (exact) mass is 239 g/mol. The Morgan fingerprint density at radius 2 is 1.88 bits per heavy atom. The Morgan fingerprint density at radius 3 is 2.50 bits per heavy atom. The van der Waals surface area contributed by atoms with Crippen molar-refractivity contribution in [1.82, 2.24) is 5.48 Å². The SMILES string of the molecule is O=C(NOC1CCCC1)c1ccc(Cl)cc1. The van der Waals surface area contributed by atoms with Gasteiger partial charge in [-0.25, -0.2) is 5.48 Å². The van der Waals surface area contributed by atoms with E-state index in [-0.39, 0.29) is 12.0 Å². The van der Waals surface area contributed by atoms with Gasteiger partial charge in [-0.2, -0.15) is 0 Å². The third-order valence-corrected chi connectivity index (χ3v) is 2.98. The smallest absolute Gasteiger partial charge is 0.270 e. The predicted octanol–water partition coefficient (Wildman–Crippen LogP) is 2.94. The molecular formula is C12H14ClNO2. The van der Waals surface area contributed by atoms with Gasteiger partial charge in [0.05, 0.1) is 6.10 Å². The number of carbonyl (C=O) groups excluding carboxylic acids is 1. The first kappa shape index (κ1) is 11.4. The van der Waals surface area contributed by atoms with Gasteiger partial charge in [0.2, 0.25) is 0 Å². The lowest BCUT2D eigenvalue weighted by Crippen LogP contribution is -2.28. The van der Waals surface area contributed by atoms with Crippen molar-refractivity contribution in [2.24, 2.45) is 0 Å². The molecule has 0 heterocycles. The number of hydrogen-bond donors (Lipinski definition) is 1. The summed E-state index contributed by atoms with van der Waals surface area (Å²) in [5, 5.41) is 0.619. The Kier molecular flexibility index (Phi) is 3.80. The Bertz CT molecular complexity index is 358. The predicted molar refractivity (Wildman–Crippen MR) is 62.3 cm³/mol. The average molecular weight is 240 g/mol. The van der Waals surface area contributed by atoms with Gasteiger partial charge >= 0.3 is 0 Å². The first-order valence-corrected chi connectivity index (χ1v) is 5.85. The zero-order chi connectivity index (χ0) is 11.4. The molecule has 0 unspecified atom stereocenters. The first-order chi connectivity index (χ1) is 7.75. The summed E-state index contributed by atoms with van der Waals surface area (Å²) in [4.78, 5) is 17.0. The second-order valence-electron chi connectivity index (χ2n) is 3.96. The van der Waals surface area contributed by atoms with Crippen molar-refractivity contribution < 1.29 is 9.63 Å². The summed E-state index contributed by atoms with van der Waals surface area (Å²) in [6, 6.07) is 6.73. The van der Waals surface area contributed by atoms with E-state index in [1.165, 1.54) is 12.8 Å². The standard InChI is InChI=1S/C12H14ClNO2/c13-10-7-5-9(6-8-10)12(15)14-16-11-3-1-2-4-11/h5-8,11H,1-4H2,(H,14,15). The number of rotatable bonds is 3. The molecule has 0 aromatic heterocycles. The molecule has 1 amide bonds. The van der Waals surface area contributed by atoms with Crippen LogP contribution in [0.1, 0.15) is 36.0 Å². The Morgan fingerprint density at radius 1 is 1.25 bits per heavy atom. The van der Waals surface area contributed by atoms with Crippen molar-refractivity contribution in [3.05, 3.63) is 34.9 Å². The van der Waals surface area contributed by atoms with E-state index in [1.54, 1.807) is 24.3 Å². The van der Waals surface area contributed by atoms with Crippen LogP contribution in [0.2, 0.25) is 5.02 Å². The molecule has 1 aliphatic carbocycles. The van der Waals surface area contributed by atoms with Crippen LogP contribution >= 0.6 is 11.6 Å². The third kappa shape index (κ3) is 2.97. The summed E-state index contributed by atoms with van der Waals surface area (Å²) >= 11 is 5.73. The quantitative estimate of drug-likeness (QED) is 0.824. The van der Waals surface area contributed by atoms with Gasteiger partial charge in [-0.15, -0.1) is 0 Å². The second-order valence-corrected chi connectivity index (χ2v) is 4.40. The summed E-state index contributed by atoms with van der Waals surface area (Å²) in [6.45, 7) is 0. The molecule has 3 nitrogen and oxygen atoms in total. The molecule has 1 fully saturated rings. The van der Waals surface area contributed by atoms with Gasteiger partial charge in [0, 0.05) is 10.6 Å². The molecule has 0 radical (unpaired) electrons. The highest BCUT2D eigenvalue weighted by molar-refractivity contribution is 6.30. The molecule has 1 aromatic carbocycles. The summed E-state index contributed by atoms with van der Waals surface area (Å²) in [5.74, 6) is -0.219. The van der Waals surface area contributed by atoms with Crippen LogP contribution in [-0.4, -0.2) is 12.0 Å². The number of halogens is 1. The fourth-order valence-corrected chi connectivity index (χ4v) is 1.93. The van der Waals surface area contributed by atoms with Crippen molar-refractivity contribution in [2.45, 2.75) is 31.8 Å². The van der Waals surface area contributed by atoms with Crippen LogP contribution in [-0.2, 0) is 4.84 Å². The zero-order valence-corrected chi connectivity index (χ0v) is 9.67. The second kappa shape index (κ2) is 5.32. The van der Waals surface area contributed by atoms with Gasteiger partial charge < -0.3 is 0 Å². The molecule has 4 heteroatoms. The highest BCUT2D eigenvalue weighted by Gasteiger charge is 2.17. The Labute approximate surface area is 99.7 Å². The van der Waals surface area contributed by atoms with Crippen molar-refractivity contribution >= 4 is 17.5 Å². The largest absolute Gasteiger partial charge is 0.274 e. The molecular weight excluding hydrogens is 226 g/mol. The van der Waals surface area contributed by atoms with Gasteiger partial charge in [0.25, 0.3) is 5.91 Å². The van der Waals surface area contributed by atoms with Crippen molar-refractivity contribution in [3.63, 3.8) is 0 Å². The van der Waals surface area contributed by atoms with Gasteiger partial charge in [0.1, 0.15) is 0 Å². The topological polar surface area (TPSA) is 38.3 Å². The molecule has 0 spiro atoms. The van der Waals surface area contributed by atoms with Crippen LogP contribution in [0.4, 0.5) is 0 Å². The van der Waals surface area contributed by atoms with E-state index < -0.39 is 0 Å².